The van der Waals surface area contributed by atoms with Crippen molar-refractivity contribution in [1.82, 2.24) is 0 Å². The molecule has 0 bridgehead atoms. The summed E-state index contributed by atoms with van der Waals surface area (Å²) in [5.74, 6) is 0.204. The Kier molecular flexibility index (Phi) is 11.5. The van der Waals surface area contributed by atoms with Crippen LogP contribution in [0.4, 0.5) is 0 Å². The van der Waals surface area contributed by atoms with Crippen LogP contribution in [-0.2, 0) is 14.6 Å². The predicted molar refractivity (Wildman–Crippen MR) is 125 cm³/mol. The maximum Gasteiger partial charge on any atom is 0.160 e. The Morgan fingerprint density at radius 3 is 2.03 bits per heavy atom. The van der Waals surface area contributed by atoms with Crippen molar-refractivity contribution in [2.45, 2.75) is 117 Å². The summed E-state index contributed by atoms with van der Waals surface area (Å²) in [5, 5.41) is -0.601. The van der Waals surface area contributed by atoms with Crippen molar-refractivity contribution in [1.29, 1.82) is 0 Å². The molecule has 0 radical (unpaired) electrons. The van der Waals surface area contributed by atoms with Gasteiger partial charge in [0, 0.05) is 12.0 Å². The molecule has 0 heterocycles. The predicted octanol–water partition coefficient (Wildman–Crippen LogP) is 6.97. The monoisotopic (exact) mass is 424 g/mol. The second-order valence-electron chi connectivity index (χ2n) is 9.54. The highest BCUT2D eigenvalue weighted by molar-refractivity contribution is 7.92. The molecular formula is C25H44O3S. The molecule has 29 heavy (non-hydrogen) atoms. The van der Waals surface area contributed by atoms with Crippen LogP contribution in [0.1, 0.15) is 112 Å². The smallest absolute Gasteiger partial charge is 0.160 e. The molecule has 1 aliphatic carbocycles. The lowest BCUT2D eigenvalue weighted by Gasteiger charge is -2.31. The summed E-state index contributed by atoms with van der Waals surface area (Å²) in [4.78, 5) is 12.9. The van der Waals surface area contributed by atoms with Crippen molar-refractivity contribution < 1.29 is 13.2 Å². The van der Waals surface area contributed by atoms with E-state index in [0.29, 0.717) is 6.42 Å². The fraction of sp³-hybridized carbons (Fsp3) is 0.800. The number of sulfone groups is 1. The van der Waals surface area contributed by atoms with Crippen LogP contribution >= 0.6 is 0 Å². The fourth-order valence-corrected chi connectivity index (χ4v) is 5.74. The van der Waals surface area contributed by atoms with Crippen LogP contribution in [0, 0.1) is 5.41 Å². The Morgan fingerprint density at radius 1 is 1.00 bits per heavy atom. The first kappa shape index (κ1) is 26.1. The Labute approximate surface area is 180 Å². The number of ketones is 1. The van der Waals surface area contributed by atoms with Gasteiger partial charge in [0.05, 0.1) is 11.0 Å². The first-order valence-electron chi connectivity index (χ1n) is 11.7. The van der Waals surface area contributed by atoms with Crippen molar-refractivity contribution >= 4 is 15.6 Å². The lowest BCUT2D eigenvalue weighted by atomic mass is 9.73. The van der Waals surface area contributed by atoms with Gasteiger partial charge in [-0.2, -0.15) is 0 Å². The summed E-state index contributed by atoms with van der Waals surface area (Å²) in [6.45, 7) is 10.0. The highest BCUT2D eigenvalue weighted by atomic mass is 32.2. The van der Waals surface area contributed by atoms with Gasteiger partial charge in [-0.25, -0.2) is 8.42 Å². The lowest BCUT2D eigenvalue weighted by molar-refractivity contribution is -0.116. The van der Waals surface area contributed by atoms with Crippen molar-refractivity contribution in [3.05, 3.63) is 23.3 Å². The third kappa shape index (κ3) is 9.19. The van der Waals surface area contributed by atoms with E-state index in [1.54, 1.807) is 6.92 Å². The third-order valence-electron chi connectivity index (χ3n) is 6.21. The number of Topliss-reactive ketones (excluding diaryl/α,β-unsaturated/α-hetero) is 1. The van der Waals surface area contributed by atoms with E-state index in [0.717, 1.165) is 30.4 Å². The van der Waals surface area contributed by atoms with Gasteiger partial charge in [0.1, 0.15) is 0 Å². The normalized spacial score (nSPS) is 17.6. The van der Waals surface area contributed by atoms with E-state index in [4.69, 9.17) is 0 Å². The molecule has 1 rings (SSSR count). The molecule has 0 N–H and O–H groups in total. The van der Waals surface area contributed by atoms with Gasteiger partial charge < -0.3 is 0 Å². The summed E-state index contributed by atoms with van der Waals surface area (Å²) >= 11 is 0. The fourth-order valence-electron chi connectivity index (χ4n) is 4.33. The van der Waals surface area contributed by atoms with Gasteiger partial charge in [-0.15, -0.1) is 0 Å². The molecular weight excluding hydrogens is 380 g/mol. The highest BCUT2D eigenvalue weighted by Gasteiger charge is 2.33. The second-order valence-corrected chi connectivity index (χ2v) is 12.1. The maximum atomic E-state index is 12.9. The summed E-state index contributed by atoms with van der Waals surface area (Å²) < 4.78 is 25.3. The zero-order valence-electron chi connectivity index (χ0n) is 19.6. The molecule has 0 aliphatic heterocycles. The van der Waals surface area contributed by atoms with Crippen molar-refractivity contribution in [2.24, 2.45) is 5.41 Å². The standard InChI is InChI=1S/C25H44O3S/c1-6-7-8-9-10-11-12-13-14-15-19-29(27,28)22(3)20-23(26)24-21(2)17-16-18-25(24,4)5/h16-17,22H,6-15,18-20H2,1-5H3. The number of rotatable bonds is 15. The Balaban J connectivity index is 2.35. The summed E-state index contributed by atoms with van der Waals surface area (Å²) in [5.41, 5.74) is 1.57. The largest absolute Gasteiger partial charge is 0.294 e. The SMILES string of the molecule is CCCCCCCCCCCCS(=O)(=O)C(C)CC(=O)C1=C(C)C=CCC1(C)C. The van der Waals surface area contributed by atoms with Gasteiger partial charge in [-0.1, -0.05) is 90.7 Å². The van der Waals surface area contributed by atoms with Gasteiger partial charge in [0.15, 0.2) is 15.6 Å². The zero-order valence-corrected chi connectivity index (χ0v) is 20.4. The zero-order chi connectivity index (χ0) is 21.9. The minimum atomic E-state index is -3.22. The molecule has 0 spiro atoms. The van der Waals surface area contributed by atoms with Crippen LogP contribution in [-0.4, -0.2) is 25.2 Å². The van der Waals surface area contributed by atoms with Crippen molar-refractivity contribution in [2.75, 3.05) is 5.75 Å². The van der Waals surface area contributed by atoms with Gasteiger partial charge in [0.25, 0.3) is 0 Å². The number of hydrogen-bond donors (Lipinski definition) is 0. The maximum absolute atomic E-state index is 12.9. The van der Waals surface area contributed by atoms with Crippen LogP contribution in [0.5, 0.6) is 0 Å². The molecule has 0 aromatic rings. The molecule has 4 heteroatoms. The lowest BCUT2D eigenvalue weighted by Crippen LogP contribution is -2.29. The van der Waals surface area contributed by atoms with Gasteiger partial charge >= 0.3 is 0 Å². The van der Waals surface area contributed by atoms with Crippen LogP contribution in [0.15, 0.2) is 23.3 Å². The number of allylic oxidation sites excluding steroid dienone is 4. The molecule has 0 fully saturated rings. The number of carbonyl (C=O) groups is 1. The Bertz CT molecular complexity index is 668. The van der Waals surface area contributed by atoms with Crippen LogP contribution in [0.25, 0.3) is 0 Å². The van der Waals surface area contributed by atoms with Gasteiger partial charge in [-0.05, 0) is 37.7 Å². The van der Waals surface area contributed by atoms with E-state index in [2.05, 4.69) is 26.8 Å². The number of unbranched alkanes of at least 4 members (excludes halogenated alkanes) is 9. The summed E-state index contributed by atoms with van der Waals surface area (Å²) in [6, 6.07) is 0. The second kappa shape index (κ2) is 12.7. The average molecular weight is 425 g/mol. The average Bonchev–Trinajstić information content (AvgIpc) is 2.62. The van der Waals surface area contributed by atoms with E-state index >= 15 is 0 Å². The Morgan fingerprint density at radius 2 is 1.52 bits per heavy atom. The van der Waals surface area contributed by atoms with Crippen LogP contribution in [0.3, 0.4) is 0 Å². The molecule has 3 nitrogen and oxygen atoms in total. The third-order valence-corrected chi connectivity index (χ3v) is 8.46. The molecule has 0 amide bonds. The molecule has 1 atom stereocenters. The summed E-state index contributed by atoms with van der Waals surface area (Å²) in [6.07, 6.45) is 16.9. The molecule has 0 aromatic carbocycles. The van der Waals surface area contributed by atoms with Crippen molar-refractivity contribution in [3.63, 3.8) is 0 Å². The van der Waals surface area contributed by atoms with Crippen LogP contribution in [0.2, 0.25) is 0 Å². The van der Waals surface area contributed by atoms with E-state index < -0.39 is 15.1 Å². The Hall–Kier alpha value is -0.900. The molecule has 1 unspecified atom stereocenters. The van der Waals surface area contributed by atoms with Gasteiger partial charge in [0.2, 0.25) is 0 Å². The molecule has 0 aromatic heterocycles. The van der Waals surface area contributed by atoms with Gasteiger partial charge in [-0.3, -0.25) is 4.79 Å². The first-order valence-corrected chi connectivity index (χ1v) is 13.5. The quantitative estimate of drug-likeness (QED) is 0.267. The van der Waals surface area contributed by atoms with E-state index in [-0.39, 0.29) is 23.4 Å². The molecule has 0 saturated heterocycles. The highest BCUT2D eigenvalue weighted by Crippen LogP contribution is 2.38. The van der Waals surface area contributed by atoms with Crippen molar-refractivity contribution in [3.8, 4) is 0 Å². The van der Waals surface area contributed by atoms with E-state index in [9.17, 15) is 13.2 Å². The topological polar surface area (TPSA) is 51.2 Å². The van der Waals surface area contributed by atoms with E-state index in [1.165, 1.54) is 44.9 Å². The summed E-state index contributed by atoms with van der Waals surface area (Å²) in [7, 11) is -3.22. The molecule has 168 valence electrons. The molecule has 1 aliphatic rings. The number of hydrogen-bond acceptors (Lipinski definition) is 3. The minimum Gasteiger partial charge on any atom is -0.294 e. The minimum absolute atomic E-state index is 0.00371. The van der Waals surface area contributed by atoms with Crippen LogP contribution < -0.4 is 0 Å². The molecule has 0 saturated carbocycles. The van der Waals surface area contributed by atoms with E-state index in [1.807, 2.05) is 13.0 Å². The first-order chi connectivity index (χ1) is 13.6. The number of carbonyl (C=O) groups excluding carboxylic acids is 1.